The summed E-state index contributed by atoms with van der Waals surface area (Å²) in [7, 11) is 2.00. The fraction of sp³-hybridized carbons (Fsp3) is 0.625. The molecule has 3 nitrogen and oxygen atoms in total. The van der Waals surface area contributed by atoms with Crippen LogP contribution in [0.25, 0.3) is 6.08 Å². The monoisotopic (exact) mass is 365 g/mol. The van der Waals surface area contributed by atoms with Crippen molar-refractivity contribution in [2.45, 2.75) is 58.4 Å². The number of rotatable bonds is 1. The molecule has 3 fully saturated rings. The largest absolute Gasteiger partial charge is 0.465 e. The molecule has 0 aromatic carbocycles. The van der Waals surface area contributed by atoms with E-state index < -0.39 is 0 Å². The maximum Gasteiger partial charge on any atom is 0.246 e. The normalized spacial score (nSPS) is 44.9. The minimum absolute atomic E-state index is 0.139. The van der Waals surface area contributed by atoms with Crippen molar-refractivity contribution < 1.29 is 9.21 Å². The van der Waals surface area contributed by atoms with Gasteiger partial charge in [0.25, 0.3) is 0 Å². The number of likely N-dealkylation sites (N-methyl/N-ethyl adjacent to an activating group) is 1. The summed E-state index contributed by atoms with van der Waals surface area (Å²) in [6.45, 7) is 4.93. The molecular weight excluding hydrogens is 334 g/mol. The Hall–Kier alpha value is -1.77. The van der Waals surface area contributed by atoms with E-state index in [1.54, 1.807) is 11.8 Å². The van der Waals surface area contributed by atoms with E-state index in [9.17, 15) is 4.79 Å². The molecule has 27 heavy (non-hydrogen) atoms. The van der Waals surface area contributed by atoms with Crippen LogP contribution in [-0.4, -0.2) is 23.9 Å². The van der Waals surface area contributed by atoms with Gasteiger partial charge >= 0.3 is 0 Å². The Morgan fingerprint density at radius 3 is 2.81 bits per heavy atom. The first-order valence-corrected chi connectivity index (χ1v) is 10.6. The smallest absolute Gasteiger partial charge is 0.246 e. The fourth-order valence-corrected chi connectivity index (χ4v) is 7.37. The Labute approximate surface area is 162 Å². The van der Waals surface area contributed by atoms with Crippen molar-refractivity contribution in [2.75, 3.05) is 7.05 Å². The van der Waals surface area contributed by atoms with Crippen LogP contribution in [-0.2, 0) is 4.79 Å². The maximum atomic E-state index is 12.2. The molecule has 0 N–H and O–H groups in total. The predicted molar refractivity (Wildman–Crippen MR) is 107 cm³/mol. The molecule has 144 valence electrons. The van der Waals surface area contributed by atoms with Gasteiger partial charge in [0.05, 0.1) is 6.26 Å². The number of hydrogen-bond acceptors (Lipinski definition) is 2. The highest BCUT2D eigenvalue weighted by atomic mass is 16.3. The van der Waals surface area contributed by atoms with Crippen molar-refractivity contribution in [3.05, 3.63) is 41.9 Å². The summed E-state index contributed by atoms with van der Waals surface area (Å²) in [6.07, 6.45) is 15.7. The number of allylic oxidation sites excluding steroid dienone is 1. The molecule has 3 heteroatoms. The summed E-state index contributed by atoms with van der Waals surface area (Å²) >= 11 is 0. The van der Waals surface area contributed by atoms with Gasteiger partial charge in [0.15, 0.2) is 0 Å². The zero-order valence-corrected chi connectivity index (χ0v) is 16.8. The first kappa shape index (κ1) is 17.3. The highest BCUT2D eigenvalue weighted by Crippen LogP contribution is 2.65. The topological polar surface area (TPSA) is 33.5 Å². The number of nitrogens with zero attached hydrogens (tertiary/aromatic N) is 1. The number of hydrogen-bond donors (Lipinski definition) is 0. The lowest BCUT2D eigenvalue weighted by atomic mass is 9.48. The first-order valence-electron chi connectivity index (χ1n) is 10.6. The van der Waals surface area contributed by atoms with Gasteiger partial charge in [-0.15, -0.1) is 0 Å². The molecular formula is C24H31NO2. The quantitative estimate of drug-likeness (QED) is 0.676. The summed E-state index contributed by atoms with van der Waals surface area (Å²) in [6, 6.07) is 4.43. The van der Waals surface area contributed by atoms with Gasteiger partial charge in [-0.05, 0) is 86.0 Å². The van der Waals surface area contributed by atoms with Gasteiger partial charge in [-0.25, -0.2) is 0 Å². The molecule has 0 radical (unpaired) electrons. The van der Waals surface area contributed by atoms with Gasteiger partial charge < -0.3 is 9.32 Å². The molecule has 3 aliphatic carbocycles. The fourth-order valence-electron chi connectivity index (χ4n) is 7.37. The van der Waals surface area contributed by atoms with Crippen LogP contribution in [0.2, 0.25) is 0 Å². The molecule has 3 saturated carbocycles. The van der Waals surface area contributed by atoms with E-state index >= 15 is 0 Å². The second kappa shape index (κ2) is 5.86. The maximum absolute atomic E-state index is 12.2. The SMILES string of the molecule is CN1C(=O)C=C[C@@]2(C)C1CC[C@@H]1[C@H]2CC[C@]2(C)C(=Cc3ccco3)CC[C@@H]12. The Balaban J connectivity index is 1.47. The minimum Gasteiger partial charge on any atom is -0.465 e. The lowest BCUT2D eigenvalue weighted by molar-refractivity contribution is -0.137. The van der Waals surface area contributed by atoms with Gasteiger partial charge in [0.2, 0.25) is 5.91 Å². The molecule has 0 saturated heterocycles. The molecule has 0 spiro atoms. The van der Waals surface area contributed by atoms with Gasteiger partial charge in [0.1, 0.15) is 5.76 Å². The molecule has 4 aliphatic rings. The van der Waals surface area contributed by atoms with Gasteiger partial charge in [0, 0.05) is 18.5 Å². The van der Waals surface area contributed by atoms with Crippen LogP contribution >= 0.6 is 0 Å². The zero-order valence-electron chi connectivity index (χ0n) is 16.8. The van der Waals surface area contributed by atoms with Crippen LogP contribution < -0.4 is 0 Å². The van der Waals surface area contributed by atoms with Crippen LogP contribution in [0.1, 0.15) is 58.1 Å². The van der Waals surface area contributed by atoms with E-state index in [2.05, 4.69) is 32.1 Å². The molecule has 1 unspecified atom stereocenters. The van der Waals surface area contributed by atoms with Crippen molar-refractivity contribution in [3.63, 3.8) is 0 Å². The van der Waals surface area contributed by atoms with E-state index in [0.717, 1.165) is 24.0 Å². The van der Waals surface area contributed by atoms with E-state index in [4.69, 9.17) is 4.42 Å². The zero-order chi connectivity index (χ0) is 18.8. The summed E-state index contributed by atoms with van der Waals surface area (Å²) < 4.78 is 5.61. The summed E-state index contributed by atoms with van der Waals surface area (Å²) in [4.78, 5) is 14.2. The Morgan fingerprint density at radius 1 is 1.19 bits per heavy atom. The van der Waals surface area contributed by atoms with Crippen LogP contribution in [0.5, 0.6) is 0 Å². The third-order valence-corrected chi connectivity index (χ3v) is 8.84. The first-order chi connectivity index (χ1) is 12.9. The van der Waals surface area contributed by atoms with E-state index in [-0.39, 0.29) is 11.3 Å². The average Bonchev–Trinajstić information content (AvgIpc) is 3.27. The summed E-state index contributed by atoms with van der Waals surface area (Å²) in [5, 5.41) is 0. The number of furan rings is 1. The molecule has 0 bridgehead atoms. The number of amides is 1. The van der Waals surface area contributed by atoms with E-state index in [1.165, 1.54) is 32.1 Å². The van der Waals surface area contributed by atoms with Gasteiger partial charge in [-0.2, -0.15) is 0 Å². The Bertz CT molecular complexity index is 806. The van der Waals surface area contributed by atoms with Crippen LogP contribution in [0.3, 0.4) is 0 Å². The predicted octanol–water partition coefficient (Wildman–Crippen LogP) is 5.30. The van der Waals surface area contributed by atoms with Crippen molar-refractivity contribution >= 4 is 12.0 Å². The second-order valence-electron chi connectivity index (χ2n) is 9.80. The minimum atomic E-state index is 0.139. The van der Waals surface area contributed by atoms with Crippen molar-refractivity contribution in [1.29, 1.82) is 0 Å². The molecule has 1 aliphatic heterocycles. The third-order valence-electron chi connectivity index (χ3n) is 8.84. The summed E-state index contributed by atoms with van der Waals surface area (Å²) in [5.74, 6) is 3.43. The standard InChI is InChI=1S/C24H31NO2/c1-23-12-10-20-18(7-9-21-24(20,2)13-11-22(26)25(21)3)19(23)8-6-16(23)15-17-5-4-14-27-17/h4-5,11,13-15,18-21H,6-10,12H2,1-3H3/t18-,19-,20+,21?,23+,24+/m0/s1. The van der Waals surface area contributed by atoms with Gasteiger partial charge in [-0.1, -0.05) is 25.5 Å². The van der Waals surface area contributed by atoms with Crippen molar-refractivity contribution in [1.82, 2.24) is 4.90 Å². The molecule has 2 heterocycles. The van der Waals surface area contributed by atoms with Gasteiger partial charge in [-0.3, -0.25) is 4.79 Å². The summed E-state index contributed by atoms with van der Waals surface area (Å²) in [5.41, 5.74) is 2.05. The van der Waals surface area contributed by atoms with Crippen LogP contribution in [0, 0.1) is 28.6 Å². The number of fused-ring (bicyclic) bond motifs is 5. The number of carbonyl (C=O) groups excluding carboxylic acids is 1. The highest BCUT2D eigenvalue weighted by Gasteiger charge is 2.59. The third kappa shape index (κ3) is 2.36. The molecule has 6 atom stereocenters. The second-order valence-corrected chi connectivity index (χ2v) is 9.80. The average molecular weight is 366 g/mol. The molecule has 1 amide bonds. The molecule has 1 aromatic heterocycles. The highest BCUT2D eigenvalue weighted by molar-refractivity contribution is 5.89. The Morgan fingerprint density at radius 2 is 2.04 bits per heavy atom. The van der Waals surface area contributed by atoms with E-state index in [0.29, 0.717) is 17.4 Å². The van der Waals surface area contributed by atoms with Crippen molar-refractivity contribution in [3.8, 4) is 0 Å². The van der Waals surface area contributed by atoms with Crippen LogP contribution in [0.4, 0.5) is 0 Å². The number of carbonyl (C=O) groups is 1. The molecule has 1 aromatic rings. The van der Waals surface area contributed by atoms with Crippen LogP contribution in [0.15, 0.2) is 40.5 Å². The van der Waals surface area contributed by atoms with Crippen molar-refractivity contribution in [2.24, 2.45) is 28.6 Å². The lowest BCUT2D eigenvalue weighted by Crippen LogP contribution is -2.59. The van der Waals surface area contributed by atoms with E-state index in [1.807, 2.05) is 24.1 Å². The lowest BCUT2D eigenvalue weighted by Gasteiger charge is -2.59. The molecule has 5 rings (SSSR count). The Kier molecular flexibility index (Phi) is 3.76.